The van der Waals surface area contributed by atoms with Crippen LogP contribution in [0.4, 0.5) is 19.3 Å². The number of hydrogen-bond donors (Lipinski definition) is 1. The molecular weight excluding hydrogens is 366 g/mol. The summed E-state index contributed by atoms with van der Waals surface area (Å²) in [4.78, 5) is 29.8. The molecule has 1 aromatic carbocycles. The Bertz CT molecular complexity index is 720. The maximum absolute atomic E-state index is 13.4. The lowest BCUT2D eigenvalue weighted by Crippen LogP contribution is -2.47. The van der Waals surface area contributed by atoms with Crippen LogP contribution in [0.25, 0.3) is 0 Å². The first-order chi connectivity index (χ1) is 13.3. The van der Waals surface area contributed by atoms with E-state index in [1.807, 2.05) is 4.90 Å². The van der Waals surface area contributed by atoms with Gasteiger partial charge in [-0.3, -0.25) is 4.79 Å². The Balaban J connectivity index is 1.42. The standard InChI is InChI=1S/C20H28F2N4O2/c1-24(2)19(27)15-6-9-25(10-7-15)20(28)23-12-14-5-8-26(13-14)16-3-4-17(21)18(22)11-16/h3-4,11,14-15H,5-10,12-13H2,1-2H3,(H,23,28). The van der Waals surface area contributed by atoms with E-state index < -0.39 is 11.6 Å². The third-order valence-corrected chi connectivity index (χ3v) is 5.67. The normalized spacial score (nSPS) is 20.4. The number of benzene rings is 1. The minimum absolute atomic E-state index is 0.00135. The SMILES string of the molecule is CN(C)C(=O)C1CCN(C(=O)NCC2CCN(c3ccc(F)c(F)c3)C2)CC1. The van der Waals surface area contributed by atoms with Crippen LogP contribution in [0.1, 0.15) is 19.3 Å². The van der Waals surface area contributed by atoms with Gasteiger partial charge in [0.2, 0.25) is 5.91 Å². The number of nitrogens with one attached hydrogen (secondary N) is 1. The Kier molecular flexibility index (Phi) is 6.36. The van der Waals surface area contributed by atoms with E-state index in [4.69, 9.17) is 0 Å². The van der Waals surface area contributed by atoms with Gasteiger partial charge in [-0.15, -0.1) is 0 Å². The minimum atomic E-state index is -0.845. The highest BCUT2D eigenvalue weighted by molar-refractivity contribution is 5.79. The number of halogens is 2. The van der Waals surface area contributed by atoms with Gasteiger partial charge in [-0.1, -0.05) is 0 Å². The molecule has 1 atom stereocenters. The van der Waals surface area contributed by atoms with Crippen molar-refractivity contribution in [3.05, 3.63) is 29.8 Å². The van der Waals surface area contributed by atoms with Gasteiger partial charge in [-0.05, 0) is 37.3 Å². The number of hydrogen-bond acceptors (Lipinski definition) is 3. The number of carbonyl (C=O) groups is 2. The molecule has 6 nitrogen and oxygen atoms in total. The Morgan fingerprint density at radius 2 is 1.82 bits per heavy atom. The smallest absolute Gasteiger partial charge is 0.317 e. The molecular formula is C20H28F2N4O2. The number of nitrogens with zero attached hydrogens (tertiary/aromatic N) is 3. The minimum Gasteiger partial charge on any atom is -0.371 e. The molecule has 1 N–H and O–H groups in total. The van der Waals surface area contributed by atoms with Crippen LogP contribution in [-0.4, -0.2) is 68.6 Å². The third-order valence-electron chi connectivity index (χ3n) is 5.67. The molecule has 2 fully saturated rings. The molecule has 0 aliphatic carbocycles. The van der Waals surface area contributed by atoms with Crippen LogP contribution in [0, 0.1) is 23.5 Å². The molecule has 2 aliphatic heterocycles. The topological polar surface area (TPSA) is 55.9 Å². The number of amides is 3. The van der Waals surface area contributed by atoms with E-state index in [0.717, 1.165) is 19.0 Å². The highest BCUT2D eigenvalue weighted by Crippen LogP contribution is 2.25. The van der Waals surface area contributed by atoms with Crippen molar-refractivity contribution in [1.29, 1.82) is 0 Å². The maximum Gasteiger partial charge on any atom is 0.317 e. The van der Waals surface area contributed by atoms with E-state index in [9.17, 15) is 18.4 Å². The van der Waals surface area contributed by atoms with E-state index >= 15 is 0 Å². The van der Waals surface area contributed by atoms with Gasteiger partial charge in [0.25, 0.3) is 0 Å². The fourth-order valence-corrected chi connectivity index (χ4v) is 3.95. The summed E-state index contributed by atoms with van der Waals surface area (Å²) in [5.41, 5.74) is 0.667. The highest BCUT2D eigenvalue weighted by atomic mass is 19.2. The number of piperidine rings is 1. The molecule has 1 aromatic rings. The van der Waals surface area contributed by atoms with Crippen LogP contribution < -0.4 is 10.2 Å². The highest BCUT2D eigenvalue weighted by Gasteiger charge is 2.29. The lowest BCUT2D eigenvalue weighted by molar-refractivity contribution is -0.134. The van der Waals surface area contributed by atoms with E-state index in [-0.39, 0.29) is 23.8 Å². The van der Waals surface area contributed by atoms with Crippen molar-refractivity contribution in [3.63, 3.8) is 0 Å². The van der Waals surface area contributed by atoms with E-state index in [1.54, 1.807) is 30.0 Å². The molecule has 3 rings (SSSR count). The molecule has 0 bridgehead atoms. The van der Waals surface area contributed by atoms with Gasteiger partial charge in [0, 0.05) is 64.5 Å². The van der Waals surface area contributed by atoms with Crippen molar-refractivity contribution in [2.24, 2.45) is 11.8 Å². The monoisotopic (exact) mass is 394 g/mol. The van der Waals surface area contributed by atoms with Gasteiger partial charge < -0.3 is 20.0 Å². The number of urea groups is 1. The second-order valence-electron chi connectivity index (χ2n) is 7.88. The molecule has 0 radical (unpaired) electrons. The molecule has 2 heterocycles. The van der Waals surface area contributed by atoms with Crippen molar-refractivity contribution >= 4 is 17.6 Å². The Morgan fingerprint density at radius 1 is 1.11 bits per heavy atom. The zero-order valence-corrected chi connectivity index (χ0v) is 16.5. The second-order valence-corrected chi connectivity index (χ2v) is 7.88. The molecule has 0 aromatic heterocycles. The number of likely N-dealkylation sites (tertiary alicyclic amines) is 1. The van der Waals surface area contributed by atoms with Crippen LogP contribution in [0.2, 0.25) is 0 Å². The van der Waals surface area contributed by atoms with Crippen molar-refractivity contribution in [1.82, 2.24) is 15.1 Å². The Morgan fingerprint density at radius 3 is 2.46 bits per heavy atom. The van der Waals surface area contributed by atoms with Crippen molar-refractivity contribution in [3.8, 4) is 0 Å². The Hall–Kier alpha value is -2.38. The third kappa shape index (κ3) is 4.72. The first-order valence-electron chi connectivity index (χ1n) is 9.79. The summed E-state index contributed by atoms with van der Waals surface area (Å²) in [7, 11) is 3.51. The van der Waals surface area contributed by atoms with E-state index in [0.29, 0.717) is 44.7 Å². The summed E-state index contributed by atoms with van der Waals surface area (Å²) in [6.45, 7) is 3.17. The summed E-state index contributed by atoms with van der Waals surface area (Å²) >= 11 is 0. The quantitative estimate of drug-likeness (QED) is 0.853. The molecule has 0 spiro atoms. The molecule has 2 saturated heterocycles. The van der Waals surface area contributed by atoms with Gasteiger partial charge >= 0.3 is 6.03 Å². The predicted molar refractivity (Wildman–Crippen MR) is 103 cm³/mol. The van der Waals surface area contributed by atoms with Gasteiger partial charge in [0.15, 0.2) is 11.6 Å². The van der Waals surface area contributed by atoms with Gasteiger partial charge in [0.05, 0.1) is 0 Å². The summed E-state index contributed by atoms with van der Waals surface area (Å²) in [6, 6.07) is 3.85. The van der Waals surface area contributed by atoms with Crippen LogP contribution in [-0.2, 0) is 4.79 Å². The summed E-state index contributed by atoms with van der Waals surface area (Å²) in [5, 5.41) is 2.98. The van der Waals surface area contributed by atoms with E-state index in [1.165, 1.54) is 6.07 Å². The van der Waals surface area contributed by atoms with Crippen LogP contribution >= 0.6 is 0 Å². The van der Waals surface area contributed by atoms with Crippen molar-refractivity contribution in [2.45, 2.75) is 19.3 Å². The fraction of sp³-hybridized carbons (Fsp3) is 0.600. The summed E-state index contributed by atoms with van der Waals surface area (Å²) < 4.78 is 26.5. The summed E-state index contributed by atoms with van der Waals surface area (Å²) in [6.07, 6.45) is 2.27. The van der Waals surface area contributed by atoms with Crippen LogP contribution in [0.5, 0.6) is 0 Å². The molecule has 8 heteroatoms. The van der Waals surface area contributed by atoms with Gasteiger partial charge in [-0.2, -0.15) is 0 Å². The number of anilines is 1. The van der Waals surface area contributed by atoms with Gasteiger partial charge in [0.1, 0.15) is 0 Å². The average molecular weight is 394 g/mol. The lowest BCUT2D eigenvalue weighted by atomic mass is 9.96. The van der Waals surface area contributed by atoms with Crippen LogP contribution in [0.15, 0.2) is 18.2 Å². The second kappa shape index (κ2) is 8.75. The first kappa shape index (κ1) is 20.4. The largest absolute Gasteiger partial charge is 0.371 e. The molecule has 28 heavy (non-hydrogen) atoms. The zero-order valence-electron chi connectivity index (χ0n) is 16.5. The first-order valence-corrected chi connectivity index (χ1v) is 9.79. The Labute approximate surface area is 164 Å². The molecule has 0 saturated carbocycles. The zero-order chi connectivity index (χ0) is 20.3. The molecule has 1 unspecified atom stereocenters. The average Bonchev–Trinajstić information content (AvgIpc) is 3.16. The van der Waals surface area contributed by atoms with E-state index in [2.05, 4.69) is 5.32 Å². The van der Waals surface area contributed by atoms with Crippen LogP contribution in [0.3, 0.4) is 0 Å². The maximum atomic E-state index is 13.4. The molecule has 3 amide bonds. The van der Waals surface area contributed by atoms with Crippen molar-refractivity contribution < 1.29 is 18.4 Å². The van der Waals surface area contributed by atoms with Crippen molar-refractivity contribution in [2.75, 3.05) is 51.7 Å². The summed E-state index contributed by atoms with van der Waals surface area (Å²) in [5.74, 6) is -1.29. The van der Waals surface area contributed by atoms with Gasteiger partial charge in [-0.25, -0.2) is 13.6 Å². The number of carbonyl (C=O) groups excluding carboxylic acids is 2. The predicted octanol–water partition coefficient (Wildman–Crippen LogP) is 2.30. The lowest BCUT2D eigenvalue weighted by Gasteiger charge is -2.32. The molecule has 154 valence electrons. The fourth-order valence-electron chi connectivity index (χ4n) is 3.95. The molecule has 2 aliphatic rings. The number of rotatable bonds is 4.